The van der Waals surface area contributed by atoms with E-state index in [1.807, 2.05) is 72.2 Å². The summed E-state index contributed by atoms with van der Waals surface area (Å²) < 4.78 is 1.83. The van der Waals surface area contributed by atoms with E-state index in [2.05, 4.69) is 32.2 Å². The molecule has 1 amide bonds. The summed E-state index contributed by atoms with van der Waals surface area (Å²) in [6, 6.07) is 13.2. The third kappa shape index (κ3) is 4.98. The third-order valence-electron chi connectivity index (χ3n) is 6.40. The van der Waals surface area contributed by atoms with Crippen LogP contribution in [0.1, 0.15) is 16.1 Å². The summed E-state index contributed by atoms with van der Waals surface area (Å²) in [7, 11) is 6.03. The Balaban J connectivity index is 1.51. The van der Waals surface area contributed by atoms with Crippen LogP contribution in [-0.2, 0) is 6.54 Å². The first-order valence-corrected chi connectivity index (χ1v) is 12.3. The van der Waals surface area contributed by atoms with Gasteiger partial charge in [0.15, 0.2) is 5.65 Å². The van der Waals surface area contributed by atoms with Crippen LogP contribution in [0.4, 0.5) is 11.6 Å². The number of nitrogens with zero attached hydrogens (tertiary/aromatic N) is 7. The maximum Gasteiger partial charge on any atom is 0.270 e. The molecule has 5 rings (SSSR count). The molecular formula is C26H29ClN8O. The fraction of sp³-hybridized carbons (Fsp3) is 0.308. The maximum atomic E-state index is 13.2. The Labute approximate surface area is 215 Å². The number of benzene rings is 1. The summed E-state index contributed by atoms with van der Waals surface area (Å²) in [5, 5.41) is 8.32. The highest BCUT2D eigenvalue weighted by atomic mass is 35.5. The van der Waals surface area contributed by atoms with E-state index in [1.54, 1.807) is 6.20 Å². The molecule has 4 heterocycles. The number of rotatable bonds is 6. The normalized spacial score (nSPS) is 14.3. The van der Waals surface area contributed by atoms with Gasteiger partial charge in [0.1, 0.15) is 17.3 Å². The van der Waals surface area contributed by atoms with E-state index in [4.69, 9.17) is 16.6 Å². The van der Waals surface area contributed by atoms with E-state index >= 15 is 0 Å². The molecule has 36 heavy (non-hydrogen) atoms. The van der Waals surface area contributed by atoms with Crippen LogP contribution in [0.3, 0.4) is 0 Å². The molecule has 4 aromatic rings. The lowest BCUT2D eigenvalue weighted by atomic mass is 10.1. The fourth-order valence-corrected chi connectivity index (χ4v) is 4.34. The Kier molecular flexibility index (Phi) is 6.75. The molecule has 0 bridgehead atoms. The molecule has 1 aliphatic heterocycles. The van der Waals surface area contributed by atoms with Gasteiger partial charge in [-0.05, 0) is 36.9 Å². The number of hydrogen-bond donors (Lipinski definition) is 1. The quantitative estimate of drug-likeness (QED) is 0.432. The lowest BCUT2D eigenvalue weighted by Crippen LogP contribution is -2.45. The minimum Gasteiger partial charge on any atom is -0.363 e. The second-order valence-electron chi connectivity index (χ2n) is 9.19. The van der Waals surface area contributed by atoms with E-state index < -0.39 is 0 Å². The van der Waals surface area contributed by atoms with Crippen LogP contribution in [0, 0.1) is 0 Å². The molecule has 0 unspecified atom stereocenters. The van der Waals surface area contributed by atoms with Gasteiger partial charge in [-0.15, -0.1) is 0 Å². The number of carbonyl (C=O) groups excluding carboxylic acids is 1. The van der Waals surface area contributed by atoms with Crippen LogP contribution in [-0.4, -0.2) is 77.7 Å². The van der Waals surface area contributed by atoms with E-state index in [9.17, 15) is 4.79 Å². The average Bonchev–Trinajstić information content (AvgIpc) is 3.32. The van der Waals surface area contributed by atoms with Crippen LogP contribution >= 0.6 is 11.6 Å². The second kappa shape index (κ2) is 10.1. The first-order chi connectivity index (χ1) is 17.4. The van der Waals surface area contributed by atoms with Gasteiger partial charge in [-0.3, -0.25) is 4.79 Å². The number of piperazine rings is 1. The smallest absolute Gasteiger partial charge is 0.270 e. The summed E-state index contributed by atoms with van der Waals surface area (Å²) >= 11 is 5.98. The Morgan fingerprint density at radius 1 is 1.06 bits per heavy atom. The number of amides is 1. The first-order valence-electron chi connectivity index (χ1n) is 11.9. The molecule has 1 fully saturated rings. The van der Waals surface area contributed by atoms with Crippen LogP contribution < -0.4 is 15.1 Å². The topological polar surface area (TPSA) is 81.9 Å². The van der Waals surface area contributed by atoms with Crippen molar-refractivity contribution in [3.63, 3.8) is 0 Å². The summed E-state index contributed by atoms with van der Waals surface area (Å²) in [6.45, 7) is 3.94. The standard InChI is InChI=1S/C26H29ClN8O/c1-32(2)23-9-6-19(16-28-23)21-17-30-35-24(34-12-10-33(3)11-13-34)14-22(31-25(21)35)26(36)29-15-18-4-7-20(27)8-5-18/h4-9,14,16-17H,10-13,15H2,1-3H3,(H,29,36). The number of aromatic nitrogens is 4. The van der Waals surface area contributed by atoms with Crippen molar-refractivity contribution < 1.29 is 4.79 Å². The molecule has 0 aliphatic carbocycles. The zero-order valence-corrected chi connectivity index (χ0v) is 21.4. The highest BCUT2D eigenvalue weighted by Crippen LogP contribution is 2.28. The van der Waals surface area contributed by atoms with Crippen molar-refractivity contribution in [2.75, 3.05) is 57.1 Å². The number of fused-ring (bicyclic) bond motifs is 1. The Morgan fingerprint density at radius 3 is 2.47 bits per heavy atom. The van der Waals surface area contributed by atoms with E-state index in [0.29, 0.717) is 22.9 Å². The first kappa shape index (κ1) is 24.0. The number of carbonyl (C=O) groups is 1. The van der Waals surface area contributed by atoms with Crippen LogP contribution in [0.15, 0.2) is 54.9 Å². The van der Waals surface area contributed by atoms with Crippen molar-refractivity contribution in [1.29, 1.82) is 0 Å². The summed E-state index contributed by atoms with van der Waals surface area (Å²) in [6.07, 6.45) is 3.61. The van der Waals surface area contributed by atoms with Gasteiger partial charge in [-0.1, -0.05) is 23.7 Å². The number of nitrogens with one attached hydrogen (secondary N) is 1. The van der Waals surface area contributed by atoms with Crippen LogP contribution in [0.25, 0.3) is 16.8 Å². The molecule has 9 nitrogen and oxygen atoms in total. The van der Waals surface area contributed by atoms with Gasteiger partial charge in [0.05, 0.1) is 6.20 Å². The van der Waals surface area contributed by atoms with E-state index in [0.717, 1.165) is 54.5 Å². The van der Waals surface area contributed by atoms with Crippen LogP contribution in [0.2, 0.25) is 5.02 Å². The lowest BCUT2D eigenvalue weighted by molar-refractivity contribution is 0.0946. The SMILES string of the molecule is CN1CCN(c2cc(C(=O)NCc3ccc(Cl)cc3)nc3c(-c4ccc(N(C)C)nc4)cnn23)CC1. The minimum absolute atomic E-state index is 0.240. The summed E-state index contributed by atoms with van der Waals surface area (Å²) in [5.41, 5.74) is 3.67. The third-order valence-corrected chi connectivity index (χ3v) is 6.65. The molecule has 1 saturated heterocycles. The molecular weight excluding hydrogens is 476 g/mol. The largest absolute Gasteiger partial charge is 0.363 e. The van der Waals surface area contributed by atoms with Gasteiger partial charge >= 0.3 is 0 Å². The van der Waals surface area contributed by atoms with Gasteiger partial charge in [-0.25, -0.2) is 9.97 Å². The van der Waals surface area contributed by atoms with Crippen molar-refractivity contribution >= 4 is 34.8 Å². The zero-order valence-electron chi connectivity index (χ0n) is 20.6. The molecule has 0 spiro atoms. The Morgan fingerprint density at radius 2 is 1.81 bits per heavy atom. The Bertz CT molecular complexity index is 1360. The lowest BCUT2D eigenvalue weighted by Gasteiger charge is -2.34. The monoisotopic (exact) mass is 504 g/mol. The van der Waals surface area contributed by atoms with E-state index in [-0.39, 0.29) is 5.91 Å². The van der Waals surface area contributed by atoms with Crippen LogP contribution in [0.5, 0.6) is 0 Å². The number of hydrogen-bond acceptors (Lipinski definition) is 7. The summed E-state index contributed by atoms with van der Waals surface area (Å²) in [4.78, 5) is 29.0. The van der Waals surface area contributed by atoms with Gasteiger partial charge in [0.2, 0.25) is 0 Å². The maximum absolute atomic E-state index is 13.2. The van der Waals surface area contributed by atoms with Crippen molar-refractivity contribution in [3.8, 4) is 11.1 Å². The minimum atomic E-state index is -0.240. The fourth-order valence-electron chi connectivity index (χ4n) is 4.21. The molecule has 186 valence electrons. The number of halogens is 1. The molecule has 3 aromatic heterocycles. The number of pyridine rings is 1. The predicted molar refractivity (Wildman–Crippen MR) is 143 cm³/mol. The molecule has 1 N–H and O–H groups in total. The second-order valence-corrected chi connectivity index (χ2v) is 9.63. The van der Waals surface area contributed by atoms with E-state index in [1.165, 1.54) is 0 Å². The average molecular weight is 505 g/mol. The Hall–Kier alpha value is -3.69. The zero-order chi connectivity index (χ0) is 25.2. The number of anilines is 2. The molecule has 1 aromatic carbocycles. The van der Waals surface area contributed by atoms with Crippen molar-refractivity contribution in [2.45, 2.75) is 6.54 Å². The van der Waals surface area contributed by atoms with Gasteiger partial charge in [0, 0.05) is 75.2 Å². The molecule has 0 atom stereocenters. The highest BCUT2D eigenvalue weighted by Gasteiger charge is 2.22. The molecule has 0 saturated carbocycles. The predicted octanol–water partition coefficient (Wildman–Crippen LogP) is 3.19. The molecule has 0 radical (unpaired) electrons. The van der Waals surface area contributed by atoms with Crippen molar-refractivity contribution in [1.82, 2.24) is 29.8 Å². The molecule has 10 heteroatoms. The molecule has 1 aliphatic rings. The van der Waals surface area contributed by atoms with Crippen molar-refractivity contribution in [2.24, 2.45) is 0 Å². The van der Waals surface area contributed by atoms with Gasteiger partial charge in [0.25, 0.3) is 5.91 Å². The van der Waals surface area contributed by atoms with Gasteiger partial charge in [-0.2, -0.15) is 9.61 Å². The number of likely N-dealkylation sites (N-methyl/N-ethyl adjacent to an activating group) is 1. The summed E-state index contributed by atoms with van der Waals surface area (Å²) in [5.74, 6) is 1.48. The van der Waals surface area contributed by atoms with Gasteiger partial charge < -0.3 is 20.0 Å². The van der Waals surface area contributed by atoms with Crippen molar-refractivity contribution in [3.05, 3.63) is 71.1 Å². The highest BCUT2D eigenvalue weighted by molar-refractivity contribution is 6.30.